The average Bonchev–Trinajstić information content (AvgIpc) is 2.80. The van der Waals surface area contributed by atoms with Crippen molar-refractivity contribution in [3.05, 3.63) is 53.8 Å². The lowest BCUT2D eigenvalue weighted by Crippen LogP contribution is -2.51. The van der Waals surface area contributed by atoms with Crippen LogP contribution in [0.4, 0.5) is 4.39 Å². The molecule has 5 nitrogen and oxygen atoms in total. The van der Waals surface area contributed by atoms with Gasteiger partial charge in [0, 0.05) is 25.4 Å². The van der Waals surface area contributed by atoms with E-state index >= 15 is 0 Å². The number of carbonyl (C=O) groups excluding carboxylic acids is 1. The summed E-state index contributed by atoms with van der Waals surface area (Å²) in [7, 11) is 1.58. The monoisotopic (exact) mass is 427 g/mol. The van der Waals surface area contributed by atoms with Gasteiger partial charge in [0.1, 0.15) is 11.6 Å². The predicted octanol–water partition coefficient (Wildman–Crippen LogP) is 4.14. The van der Waals surface area contributed by atoms with Crippen LogP contribution in [0.3, 0.4) is 0 Å². The van der Waals surface area contributed by atoms with E-state index in [1.54, 1.807) is 13.2 Å². The third-order valence-electron chi connectivity index (χ3n) is 6.37. The molecule has 0 unspecified atom stereocenters. The van der Waals surface area contributed by atoms with E-state index in [0.29, 0.717) is 50.4 Å². The van der Waals surface area contributed by atoms with Crippen molar-refractivity contribution in [1.82, 2.24) is 5.32 Å². The highest BCUT2D eigenvalue weighted by molar-refractivity contribution is 5.83. The van der Waals surface area contributed by atoms with Crippen molar-refractivity contribution in [1.29, 1.82) is 0 Å². The fraction of sp³-hybridized carbons (Fsp3) is 0.480. The standard InChI is InChI=1S/C25H30FNO4/c1-29-23-8-7-20(26)15-22(23)19-5-2-4-18(14-19)16-25(9-12-30-13-10-25)24(28)27-21-6-3-11-31-17-21/h2,4-5,7-8,14-15,21H,3,6,9-13,16-17H2,1H3,(H,27,28)/t21-/m0/s1. The first-order chi connectivity index (χ1) is 15.1. The van der Waals surface area contributed by atoms with Gasteiger partial charge in [0.25, 0.3) is 0 Å². The molecule has 31 heavy (non-hydrogen) atoms. The maximum absolute atomic E-state index is 13.9. The zero-order chi connectivity index (χ0) is 21.7. The number of halogens is 1. The van der Waals surface area contributed by atoms with Crippen LogP contribution in [-0.2, 0) is 20.7 Å². The summed E-state index contributed by atoms with van der Waals surface area (Å²) >= 11 is 0. The molecule has 2 saturated heterocycles. The second-order valence-corrected chi connectivity index (χ2v) is 8.50. The minimum atomic E-state index is -0.514. The summed E-state index contributed by atoms with van der Waals surface area (Å²) in [5, 5.41) is 3.23. The minimum Gasteiger partial charge on any atom is -0.496 e. The van der Waals surface area contributed by atoms with Gasteiger partial charge >= 0.3 is 0 Å². The number of nitrogens with one attached hydrogen (secondary N) is 1. The molecule has 2 aromatic rings. The molecule has 1 atom stereocenters. The van der Waals surface area contributed by atoms with Crippen LogP contribution >= 0.6 is 0 Å². The van der Waals surface area contributed by atoms with E-state index in [9.17, 15) is 9.18 Å². The van der Waals surface area contributed by atoms with Crippen LogP contribution in [0.5, 0.6) is 5.75 Å². The van der Waals surface area contributed by atoms with E-state index in [1.165, 1.54) is 12.1 Å². The van der Waals surface area contributed by atoms with Crippen molar-refractivity contribution in [2.75, 3.05) is 33.5 Å². The molecule has 0 bridgehead atoms. The predicted molar refractivity (Wildman–Crippen MR) is 117 cm³/mol. The van der Waals surface area contributed by atoms with Gasteiger partial charge in [-0.1, -0.05) is 24.3 Å². The van der Waals surface area contributed by atoms with E-state index in [1.807, 2.05) is 24.3 Å². The molecule has 1 amide bonds. The summed E-state index contributed by atoms with van der Waals surface area (Å²) < 4.78 is 30.4. The molecule has 6 heteroatoms. The Hall–Kier alpha value is -2.44. The van der Waals surface area contributed by atoms with E-state index in [0.717, 1.165) is 30.6 Å². The Morgan fingerprint density at radius 3 is 2.74 bits per heavy atom. The van der Waals surface area contributed by atoms with E-state index in [-0.39, 0.29) is 17.8 Å². The highest BCUT2D eigenvalue weighted by Crippen LogP contribution is 2.37. The number of carbonyl (C=O) groups is 1. The van der Waals surface area contributed by atoms with Crippen LogP contribution in [0.15, 0.2) is 42.5 Å². The van der Waals surface area contributed by atoms with Crippen LogP contribution in [0.1, 0.15) is 31.2 Å². The van der Waals surface area contributed by atoms with Gasteiger partial charge in [-0.05, 0) is 61.4 Å². The van der Waals surface area contributed by atoms with E-state index < -0.39 is 5.41 Å². The molecule has 0 radical (unpaired) electrons. The molecular formula is C25H30FNO4. The summed E-state index contributed by atoms with van der Waals surface area (Å²) in [5.74, 6) is 0.394. The third-order valence-corrected chi connectivity index (χ3v) is 6.37. The molecule has 2 fully saturated rings. The lowest BCUT2D eigenvalue weighted by molar-refractivity contribution is -0.138. The molecule has 2 aliphatic rings. The van der Waals surface area contributed by atoms with Crippen LogP contribution < -0.4 is 10.1 Å². The summed E-state index contributed by atoms with van der Waals surface area (Å²) in [5.41, 5.74) is 2.10. The first-order valence-corrected chi connectivity index (χ1v) is 11.0. The number of methoxy groups -OCH3 is 1. The normalized spacial score (nSPS) is 20.8. The molecule has 0 spiro atoms. The maximum Gasteiger partial charge on any atom is 0.227 e. The second-order valence-electron chi connectivity index (χ2n) is 8.50. The molecule has 0 aliphatic carbocycles. The highest BCUT2D eigenvalue weighted by Gasteiger charge is 2.41. The van der Waals surface area contributed by atoms with Crippen molar-refractivity contribution in [2.24, 2.45) is 5.41 Å². The van der Waals surface area contributed by atoms with Crippen molar-refractivity contribution in [3.63, 3.8) is 0 Å². The Morgan fingerprint density at radius 2 is 2.00 bits per heavy atom. The van der Waals surface area contributed by atoms with Crippen molar-refractivity contribution in [2.45, 2.75) is 38.1 Å². The summed E-state index contributed by atoms with van der Waals surface area (Å²) in [4.78, 5) is 13.4. The molecule has 1 N–H and O–H groups in total. The second kappa shape index (κ2) is 9.79. The lowest BCUT2D eigenvalue weighted by Gasteiger charge is -2.37. The number of benzene rings is 2. The first-order valence-electron chi connectivity index (χ1n) is 11.0. The number of ether oxygens (including phenoxy) is 3. The fourth-order valence-electron chi connectivity index (χ4n) is 4.58. The molecule has 0 saturated carbocycles. The van der Waals surface area contributed by atoms with E-state index in [4.69, 9.17) is 14.2 Å². The van der Waals surface area contributed by atoms with Gasteiger partial charge in [-0.3, -0.25) is 4.79 Å². The van der Waals surface area contributed by atoms with Gasteiger partial charge in [-0.25, -0.2) is 4.39 Å². The maximum atomic E-state index is 13.9. The van der Waals surface area contributed by atoms with Crippen molar-refractivity contribution in [3.8, 4) is 16.9 Å². The van der Waals surface area contributed by atoms with Crippen LogP contribution in [-0.4, -0.2) is 45.5 Å². The number of amides is 1. The smallest absolute Gasteiger partial charge is 0.227 e. The quantitative estimate of drug-likeness (QED) is 0.753. The zero-order valence-electron chi connectivity index (χ0n) is 18.0. The van der Waals surface area contributed by atoms with Gasteiger partial charge in [0.2, 0.25) is 5.91 Å². The number of rotatable bonds is 6. The van der Waals surface area contributed by atoms with Gasteiger partial charge in [0.05, 0.1) is 25.2 Å². The molecular weight excluding hydrogens is 397 g/mol. The van der Waals surface area contributed by atoms with E-state index in [2.05, 4.69) is 5.32 Å². The van der Waals surface area contributed by atoms with Gasteiger partial charge in [-0.15, -0.1) is 0 Å². The van der Waals surface area contributed by atoms with Crippen molar-refractivity contribution < 1.29 is 23.4 Å². The van der Waals surface area contributed by atoms with Gasteiger partial charge in [-0.2, -0.15) is 0 Å². The van der Waals surface area contributed by atoms with Gasteiger partial charge in [0.15, 0.2) is 0 Å². The van der Waals surface area contributed by atoms with Crippen LogP contribution in [0, 0.1) is 11.2 Å². The Bertz CT molecular complexity index is 904. The molecule has 4 rings (SSSR count). The Kier molecular flexibility index (Phi) is 6.88. The lowest BCUT2D eigenvalue weighted by atomic mass is 9.74. The average molecular weight is 428 g/mol. The molecule has 2 heterocycles. The summed E-state index contributed by atoms with van der Waals surface area (Å²) in [6.07, 6.45) is 3.90. The SMILES string of the molecule is COc1ccc(F)cc1-c1cccc(CC2(C(=O)N[C@H]3CCCOC3)CCOCC2)c1. The highest BCUT2D eigenvalue weighted by atomic mass is 19.1. The van der Waals surface area contributed by atoms with Gasteiger partial charge < -0.3 is 19.5 Å². The van der Waals surface area contributed by atoms with Crippen LogP contribution in [0.2, 0.25) is 0 Å². The topological polar surface area (TPSA) is 56.8 Å². The molecule has 2 aliphatic heterocycles. The largest absolute Gasteiger partial charge is 0.496 e. The van der Waals surface area contributed by atoms with Crippen LogP contribution in [0.25, 0.3) is 11.1 Å². The fourth-order valence-corrected chi connectivity index (χ4v) is 4.58. The Morgan fingerprint density at radius 1 is 1.16 bits per heavy atom. The number of hydrogen-bond acceptors (Lipinski definition) is 4. The zero-order valence-corrected chi connectivity index (χ0v) is 18.0. The molecule has 0 aromatic heterocycles. The third kappa shape index (κ3) is 5.08. The Balaban J connectivity index is 1.58. The molecule has 166 valence electrons. The first kappa shape index (κ1) is 21.8. The van der Waals surface area contributed by atoms with Crippen molar-refractivity contribution >= 4 is 5.91 Å². The number of hydrogen-bond donors (Lipinski definition) is 1. The summed E-state index contributed by atoms with van der Waals surface area (Å²) in [6.45, 7) is 2.49. The summed E-state index contributed by atoms with van der Waals surface area (Å²) in [6, 6.07) is 12.5. The Labute approximate surface area is 182 Å². The minimum absolute atomic E-state index is 0.0730. The molecule has 2 aromatic carbocycles.